The Kier molecular flexibility index (Phi) is 6.46. The standard InChI is InChI=1S/C25H23ClN8O/c1-27-18-5-6-19-20(15-18)23(30-16-17-4-7-22(35-2)21(26)14-17)31-32-24(19)33-10-12-34(13-11-33)25-28-8-3-9-29-25/h3-9,14-15H,10-13,16H2,2H3,(H,30,31). The second-order valence-corrected chi connectivity index (χ2v) is 8.47. The normalized spacial score (nSPS) is 13.5. The van der Waals surface area contributed by atoms with Crippen molar-refractivity contribution in [3.05, 3.63) is 76.9 Å². The van der Waals surface area contributed by atoms with Crippen molar-refractivity contribution < 1.29 is 4.74 Å². The fourth-order valence-corrected chi connectivity index (χ4v) is 4.42. The number of halogens is 1. The number of ether oxygens (including phenoxy) is 1. The topological polar surface area (TPSA) is 83.7 Å². The molecule has 0 bridgehead atoms. The Hall–Kier alpha value is -4.16. The summed E-state index contributed by atoms with van der Waals surface area (Å²) < 4.78 is 5.23. The average molecular weight is 487 g/mol. The number of aromatic nitrogens is 4. The number of nitrogens with one attached hydrogen (secondary N) is 1. The van der Waals surface area contributed by atoms with E-state index in [1.807, 2.05) is 42.5 Å². The van der Waals surface area contributed by atoms with Crippen molar-refractivity contribution in [3.8, 4) is 5.75 Å². The summed E-state index contributed by atoms with van der Waals surface area (Å²) in [5.41, 5.74) is 1.54. The van der Waals surface area contributed by atoms with E-state index in [1.165, 1.54) is 0 Å². The van der Waals surface area contributed by atoms with E-state index in [0.29, 0.717) is 28.8 Å². The minimum absolute atomic E-state index is 0.505. The van der Waals surface area contributed by atoms with Crippen molar-refractivity contribution >= 4 is 45.6 Å². The summed E-state index contributed by atoms with van der Waals surface area (Å²) in [7, 11) is 1.59. The van der Waals surface area contributed by atoms with E-state index >= 15 is 0 Å². The molecule has 10 heteroatoms. The maximum absolute atomic E-state index is 7.46. The molecule has 1 fully saturated rings. The average Bonchev–Trinajstić information content (AvgIpc) is 2.92. The Bertz CT molecular complexity index is 1380. The third kappa shape index (κ3) is 4.74. The first-order valence-corrected chi connectivity index (χ1v) is 11.5. The van der Waals surface area contributed by atoms with Gasteiger partial charge in [-0.3, -0.25) is 0 Å². The molecule has 1 aliphatic heterocycles. The van der Waals surface area contributed by atoms with E-state index in [2.05, 4.69) is 40.1 Å². The SMILES string of the molecule is [C-]#[N+]c1ccc2c(N3CCN(c4ncccn4)CC3)nnc(NCc3ccc(OC)c(Cl)c3)c2c1. The molecule has 4 aromatic rings. The third-order valence-electron chi connectivity index (χ3n) is 5.96. The molecular weight excluding hydrogens is 464 g/mol. The third-order valence-corrected chi connectivity index (χ3v) is 6.26. The first-order chi connectivity index (χ1) is 17.2. The molecule has 35 heavy (non-hydrogen) atoms. The number of fused-ring (bicyclic) bond motifs is 1. The number of hydrogen-bond donors (Lipinski definition) is 1. The highest BCUT2D eigenvalue weighted by atomic mass is 35.5. The van der Waals surface area contributed by atoms with Crippen LogP contribution in [0.5, 0.6) is 5.75 Å². The molecule has 5 rings (SSSR count). The molecule has 0 amide bonds. The number of methoxy groups -OCH3 is 1. The van der Waals surface area contributed by atoms with Crippen molar-refractivity contribution in [2.75, 3.05) is 48.4 Å². The molecule has 0 spiro atoms. The van der Waals surface area contributed by atoms with Crippen LogP contribution in [0, 0.1) is 6.57 Å². The molecule has 0 aliphatic carbocycles. The van der Waals surface area contributed by atoms with Gasteiger partial charge >= 0.3 is 0 Å². The highest BCUT2D eigenvalue weighted by Crippen LogP contribution is 2.33. The summed E-state index contributed by atoms with van der Waals surface area (Å²) in [6.45, 7) is 11.1. The zero-order valence-corrected chi connectivity index (χ0v) is 19.9. The van der Waals surface area contributed by atoms with Crippen LogP contribution >= 0.6 is 11.6 Å². The second kappa shape index (κ2) is 9.99. The minimum atomic E-state index is 0.505. The van der Waals surface area contributed by atoms with E-state index in [-0.39, 0.29) is 0 Å². The van der Waals surface area contributed by atoms with E-state index in [4.69, 9.17) is 22.9 Å². The summed E-state index contributed by atoms with van der Waals surface area (Å²) in [6.07, 6.45) is 3.52. The van der Waals surface area contributed by atoms with Gasteiger partial charge in [0.2, 0.25) is 5.95 Å². The smallest absolute Gasteiger partial charge is 0.225 e. The molecule has 0 unspecified atom stereocenters. The van der Waals surface area contributed by atoms with Gasteiger partial charge in [-0.2, -0.15) is 0 Å². The van der Waals surface area contributed by atoms with Gasteiger partial charge in [-0.15, -0.1) is 10.2 Å². The van der Waals surface area contributed by atoms with Gasteiger partial charge in [-0.25, -0.2) is 14.8 Å². The molecule has 2 aromatic heterocycles. The van der Waals surface area contributed by atoms with Crippen molar-refractivity contribution in [2.45, 2.75) is 6.54 Å². The van der Waals surface area contributed by atoms with Crippen molar-refractivity contribution in [1.29, 1.82) is 0 Å². The number of nitrogens with zero attached hydrogens (tertiary/aromatic N) is 7. The zero-order chi connectivity index (χ0) is 24.2. The summed E-state index contributed by atoms with van der Waals surface area (Å²) in [4.78, 5) is 16.7. The Labute approximate surface area is 208 Å². The van der Waals surface area contributed by atoms with Crippen molar-refractivity contribution in [2.24, 2.45) is 0 Å². The molecule has 1 aliphatic rings. The maximum Gasteiger partial charge on any atom is 0.225 e. The van der Waals surface area contributed by atoms with Gasteiger partial charge in [-0.05, 0) is 29.8 Å². The molecule has 176 valence electrons. The fourth-order valence-electron chi connectivity index (χ4n) is 4.14. The van der Waals surface area contributed by atoms with Gasteiger partial charge in [-0.1, -0.05) is 29.8 Å². The van der Waals surface area contributed by atoms with Crippen LogP contribution in [0.15, 0.2) is 54.9 Å². The van der Waals surface area contributed by atoms with Crippen LogP contribution in [0.4, 0.5) is 23.3 Å². The Balaban J connectivity index is 1.39. The van der Waals surface area contributed by atoms with Crippen molar-refractivity contribution in [1.82, 2.24) is 20.2 Å². The van der Waals surface area contributed by atoms with Crippen LogP contribution in [0.2, 0.25) is 5.02 Å². The highest BCUT2D eigenvalue weighted by Gasteiger charge is 2.22. The van der Waals surface area contributed by atoms with Gasteiger partial charge in [0.05, 0.1) is 18.7 Å². The van der Waals surface area contributed by atoms with Gasteiger partial charge in [0.15, 0.2) is 17.3 Å². The summed E-state index contributed by atoms with van der Waals surface area (Å²) >= 11 is 6.27. The Morgan fingerprint density at radius 1 is 1.00 bits per heavy atom. The first kappa shape index (κ1) is 22.6. The van der Waals surface area contributed by atoms with Gasteiger partial charge in [0, 0.05) is 55.9 Å². The van der Waals surface area contributed by atoms with E-state index in [9.17, 15) is 0 Å². The first-order valence-electron chi connectivity index (χ1n) is 11.2. The van der Waals surface area contributed by atoms with Crippen molar-refractivity contribution in [3.63, 3.8) is 0 Å². The largest absolute Gasteiger partial charge is 0.495 e. The van der Waals surface area contributed by atoms with Crippen LogP contribution in [0.25, 0.3) is 15.6 Å². The Morgan fingerprint density at radius 3 is 2.49 bits per heavy atom. The lowest BCUT2D eigenvalue weighted by atomic mass is 10.1. The fraction of sp³-hybridized carbons (Fsp3) is 0.240. The number of hydrogen-bond acceptors (Lipinski definition) is 8. The molecule has 2 aromatic carbocycles. The van der Waals surface area contributed by atoms with E-state index < -0.39 is 0 Å². The number of benzene rings is 2. The molecule has 9 nitrogen and oxygen atoms in total. The van der Waals surface area contributed by atoms with Gasteiger partial charge in [0.25, 0.3) is 0 Å². The van der Waals surface area contributed by atoms with E-state index in [0.717, 1.165) is 54.3 Å². The summed E-state index contributed by atoms with van der Waals surface area (Å²) in [5.74, 6) is 2.80. The lowest BCUT2D eigenvalue weighted by Crippen LogP contribution is -2.47. The number of anilines is 3. The maximum atomic E-state index is 7.46. The van der Waals surface area contributed by atoms with E-state index in [1.54, 1.807) is 19.5 Å². The van der Waals surface area contributed by atoms with Crippen LogP contribution in [-0.4, -0.2) is 53.5 Å². The van der Waals surface area contributed by atoms with Crippen LogP contribution in [0.3, 0.4) is 0 Å². The number of rotatable bonds is 6. The summed E-state index contributed by atoms with van der Waals surface area (Å²) in [6, 6.07) is 13.1. The minimum Gasteiger partial charge on any atom is -0.495 e. The van der Waals surface area contributed by atoms with Crippen LogP contribution in [0.1, 0.15) is 5.56 Å². The molecular formula is C25H23ClN8O. The monoisotopic (exact) mass is 486 g/mol. The summed E-state index contributed by atoms with van der Waals surface area (Å²) in [5, 5.41) is 14.8. The van der Waals surface area contributed by atoms with Crippen LogP contribution < -0.4 is 19.9 Å². The molecule has 0 radical (unpaired) electrons. The Morgan fingerprint density at radius 2 is 1.77 bits per heavy atom. The zero-order valence-electron chi connectivity index (χ0n) is 19.1. The highest BCUT2D eigenvalue weighted by molar-refractivity contribution is 6.32. The van der Waals surface area contributed by atoms with Gasteiger partial charge in [0.1, 0.15) is 5.75 Å². The second-order valence-electron chi connectivity index (χ2n) is 8.06. The van der Waals surface area contributed by atoms with Crippen LogP contribution in [-0.2, 0) is 6.54 Å². The predicted molar refractivity (Wildman–Crippen MR) is 138 cm³/mol. The molecule has 3 heterocycles. The predicted octanol–water partition coefficient (Wildman–Crippen LogP) is 4.57. The molecule has 1 N–H and O–H groups in total. The lowest BCUT2D eigenvalue weighted by Gasteiger charge is -2.35. The molecule has 1 saturated heterocycles. The molecule has 0 atom stereocenters. The molecule has 0 saturated carbocycles. The quantitative estimate of drug-likeness (QED) is 0.397. The number of piperazine rings is 1. The lowest BCUT2D eigenvalue weighted by molar-refractivity contribution is 0.415. The van der Waals surface area contributed by atoms with Gasteiger partial charge < -0.3 is 19.9 Å².